The van der Waals surface area contributed by atoms with E-state index in [-0.39, 0.29) is 11.9 Å². The molecule has 23 heavy (non-hydrogen) atoms. The fourth-order valence-corrected chi connectivity index (χ4v) is 3.33. The molecule has 3 rings (SSSR count). The maximum atomic E-state index is 12.5. The summed E-state index contributed by atoms with van der Waals surface area (Å²) in [6.07, 6.45) is 5.08. The van der Waals surface area contributed by atoms with Crippen LogP contribution in [0.25, 0.3) is 0 Å². The summed E-state index contributed by atoms with van der Waals surface area (Å²) in [7, 11) is 2.03. The average Bonchev–Trinajstić information content (AvgIpc) is 2.61. The van der Waals surface area contributed by atoms with Gasteiger partial charge in [-0.25, -0.2) is 4.98 Å². The lowest BCUT2D eigenvalue weighted by molar-refractivity contribution is -0.127. The van der Waals surface area contributed by atoms with Crippen molar-refractivity contribution in [3.8, 4) is 0 Å². The number of pyridine rings is 1. The second-order valence-electron chi connectivity index (χ2n) is 6.30. The smallest absolute Gasteiger partial charge is 0.237 e. The number of likely N-dealkylation sites (tertiary alicyclic amines) is 1. The van der Waals surface area contributed by atoms with Crippen molar-refractivity contribution in [1.29, 1.82) is 0 Å². The van der Waals surface area contributed by atoms with Gasteiger partial charge in [0.15, 0.2) is 0 Å². The number of amides is 1. The summed E-state index contributed by atoms with van der Waals surface area (Å²) >= 11 is 0. The van der Waals surface area contributed by atoms with Crippen LogP contribution in [0.3, 0.4) is 0 Å². The van der Waals surface area contributed by atoms with Gasteiger partial charge in [-0.2, -0.15) is 0 Å². The van der Waals surface area contributed by atoms with Crippen molar-refractivity contribution in [3.05, 3.63) is 23.9 Å². The third-order valence-electron chi connectivity index (χ3n) is 4.70. The largest absolute Gasteiger partial charge is 0.378 e. The highest BCUT2D eigenvalue weighted by atomic mass is 16.5. The summed E-state index contributed by atoms with van der Waals surface area (Å²) < 4.78 is 5.41. The number of aromatic nitrogens is 1. The van der Waals surface area contributed by atoms with Crippen molar-refractivity contribution >= 4 is 11.7 Å². The molecule has 1 amide bonds. The summed E-state index contributed by atoms with van der Waals surface area (Å²) in [5.74, 6) is 1.09. The van der Waals surface area contributed by atoms with Gasteiger partial charge < -0.3 is 15.0 Å². The molecular formula is C17H26N4O2. The van der Waals surface area contributed by atoms with E-state index >= 15 is 0 Å². The van der Waals surface area contributed by atoms with E-state index in [9.17, 15) is 4.79 Å². The molecule has 2 aliphatic rings. The van der Waals surface area contributed by atoms with Crippen LogP contribution in [0, 0.1) is 0 Å². The van der Waals surface area contributed by atoms with Gasteiger partial charge >= 0.3 is 0 Å². The van der Waals surface area contributed by atoms with Crippen molar-refractivity contribution < 1.29 is 9.53 Å². The SMILES string of the molecule is CN1CCCC[C@@H]1C(=O)NCc1cccnc1N1CCOCC1. The summed E-state index contributed by atoms with van der Waals surface area (Å²) in [5, 5.41) is 3.10. The van der Waals surface area contributed by atoms with Crippen LogP contribution in [0.1, 0.15) is 24.8 Å². The Morgan fingerprint density at radius 3 is 2.96 bits per heavy atom. The molecule has 1 atom stereocenters. The first kappa shape index (κ1) is 16.2. The molecule has 0 aromatic carbocycles. The summed E-state index contributed by atoms with van der Waals surface area (Å²) in [4.78, 5) is 21.4. The van der Waals surface area contributed by atoms with Gasteiger partial charge in [-0.05, 0) is 32.5 Å². The van der Waals surface area contributed by atoms with Crippen LogP contribution in [-0.2, 0) is 16.1 Å². The second kappa shape index (κ2) is 7.75. The molecule has 0 bridgehead atoms. The third kappa shape index (κ3) is 4.00. The molecular weight excluding hydrogens is 292 g/mol. The van der Waals surface area contributed by atoms with Gasteiger partial charge in [-0.15, -0.1) is 0 Å². The lowest BCUT2D eigenvalue weighted by Gasteiger charge is -2.32. The van der Waals surface area contributed by atoms with Gasteiger partial charge in [0.1, 0.15) is 5.82 Å². The van der Waals surface area contributed by atoms with Crippen molar-refractivity contribution in [2.24, 2.45) is 0 Å². The first-order valence-corrected chi connectivity index (χ1v) is 8.50. The van der Waals surface area contributed by atoms with E-state index in [4.69, 9.17) is 4.74 Å². The monoisotopic (exact) mass is 318 g/mol. The number of piperidine rings is 1. The number of rotatable bonds is 4. The van der Waals surface area contributed by atoms with Gasteiger partial charge in [0.25, 0.3) is 0 Å². The minimum absolute atomic E-state index is 0.00672. The highest BCUT2D eigenvalue weighted by Gasteiger charge is 2.26. The standard InChI is InChI=1S/C17H26N4O2/c1-20-8-3-2-6-15(20)17(22)19-13-14-5-4-7-18-16(14)21-9-11-23-12-10-21/h4-5,7,15H,2-3,6,8-13H2,1H3,(H,19,22)/t15-/m1/s1. The number of nitrogens with zero attached hydrogens (tertiary/aromatic N) is 3. The molecule has 126 valence electrons. The Balaban J connectivity index is 1.62. The molecule has 0 saturated carbocycles. The predicted octanol–water partition coefficient (Wildman–Crippen LogP) is 1.02. The number of nitrogens with one attached hydrogen (secondary N) is 1. The van der Waals surface area contributed by atoms with Gasteiger partial charge in [0, 0.05) is 31.4 Å². The minimum atomic E-state index is 0.00672. The number of carbonyl (C=O) groups is 1. The van der Waals surface area contributed by atoms with Crippen molar-refractivity contribution in [3.63, 3.8) is 0 Å². The van der Waals surface area contributed by atoms with E-state index < -0.39 is 0 Å². The molecule has 2 aliphatic heterocycles. The first-order valence-electron chi connectivity index (χ1n) is 8.50. The van der Waals surface area contributed by atoms with Crippen molar-refractivity contribution in [1.82, 2.24) is 15.2 Å². The number of likely N-dealkylation sites (N-methyl/N-ethyl adjacent to an activating group) is 1. The number of hydrogen-bond donors (Lipinski definition) is 1. The highest BCUT2D eigenvalue weighted by Crippen LogP contribution is 2.19. The van der Waals surface area contributed by atoms with Crippen molar-refractivity contribution in [2.45, 2.75) is 31.8 Å². The Bertz CT molecular complexity index is 531. The second-order valence-corrected chi connectivity index (χ2v) is 6.30. The zero-order valence-electron chi connectivity index (χ0n) is 13.8. The lowest BCUT2D eigenvalue weighted by atomic mass is 10.0. The zero-order chi connectivity index (χ0) is 16.1. The topological polar surface area (TPSA) is 57.7 Å². The molecule has 6 heteroatoms. The van der Waals surface area contributed by atoms with Crippen LogP contribution in [-0.4, -0.2) is 61.7 Å². The average molecular weight is 318 g/mol. The number of hydrogen-bond acceptors (Lipinski definition) is 5. The van der Waals surface area contributed by atoms with Gasteiger partial charge in [0.2, 0.25) is 5.91 Å². The van der Waals surface area contributed by atoms with Crippen LogP contribution in [0.4, 0.5) is 5.82 Å². The van der Waals surface area contributed by atoms with E-state index in [1.54, 1.807) is 0 Å². The maximum absolute atomic E-state index is 12.5. The van der Waals surface area contributed by atoms with Crippen LogP contribution in [0.2, 0.25) is 0 Å². The molecule has 2 fully saturated rings. The predicted molar refractivity (Wildman–Crippen MR) is 89.4 cm³/mol. The normalized spacial score (nSPS) is 22.8. The number of anilines is 1. The number of ether oxygens (including phenoxy) is 1. The molecule has 0 radical (unpaired) electrons. The fourth-order valence-electron chi connectivity index (χ4n) is 3.33. The van der Waals surface area contributed by atoms with Crippen LogP contribution in [0.15, 0.2) is 18.3 Å². The third-order valence-corrected chi connectivity index (χ3v) is 4.70. The van der Waals surface area contributed by atoms with Gasteiger partial charge in [0.05, 0.1) is 19.3 Å². The number of carbonyl (C=O) groups excluding carboxylic acids is 1. The van der Waals surface area contributed by atoms with E-state index in [0.717, 1.165) is 57.1 Å². The van der Waals surface area contributed by atoms with Crippen LogP contribution >= 0.6 is 0 Å². The number of morpholine rings is 1. The molecule has 1 N–H and O–H groups in total. The van der Waals surface area contributed by atoms with E-state index in [1.165, 1.54) is 6.42 Å². The van der Waals surface area contributed by atoms with E-state index in [0.29, 0.717) is 6.54 Å². The van der Waals surface area contributed by atoms with Crippen molar-refractivity contribution in [2.75, 3.05) is 44.8 Å². The Morgan fingerprint density at radius 1 is 1.35 bits per heavy atom. The Labute approximate surface area is 137 Å². The Hall–Kier alpha value is -1.66. The molecule has 1 aromatic heterocycles. The molecule has 6 nitrogen and oxygen atoms in total. The Morgan fingerprint density at radius 2 is 2.17 bits per heavy atom. The Kier molecular flexibility index (Phi) is 5.46. The van der Waals surface area contributed by atoms with Crippen LogP contribution < -0.4 is 10.2 Å². The fraction of sp³-hybridized carbons (Fsp3) is 0.647. The molecule has 1 aromatic rings. The molecule has 0 spiro atoms. The molecule has 0 aliphatic carbocycles. The first-order chi connectivity index (χ1) is 11.3. The van der Waals surface area contributed by atoms with Crippen LogP contribution in [0.5, 0.6) is 0 Å². The van der Waals surface area contributed by atoms with E-state index in [2.05, 4.69) is 20.1 Å². The van der Waals surface area contributed by atoms with E-state index in [1.807, 2.05) is 25.4 Å². The highest BCUT2D eigenvalue weighted by molar-refractivity contribution is 5.81. The zero-order valence-corrected chi connectivity index (χ0v) is 13.8. The lowest BCUT2D eigenvalue weighted by Crippen LogP contribution is -2.47. The molecule has 0 unspecified atom stereocenters. The van der Waals surface area contributed by atoms with Gasteiger partial charge in [-0.3, -0.25) is 9.69 Å². The summed E-state index contributed by atoms with van der Waals surface area (Å²) in [5.41, 5.74) is 1.07. The van der Waals surface area contributed by atoms with Gasteiger partial charge in [-0.1, -0.05) is 12.5 Å². The molecule has 2 saturated heterocycles. The minimum Gasteiger partial charge on any atom is -0.378 e. The molecule has 3 heterocycles. The summed E-state index contributed by atoms with van der Waals surface area (Å²) in [6.45, 7) is 4.70. The quantitative estimate of drug-likeness (QED) is 0.898. The summed E-state index contributed by atoms with van der Waals surface area (Å²) in [6, 6.07) is 3.98. The maximum Gasteiger partial charge on any atom is 0.237 e.